The average Bonchev–Trinajstić information content (AvgIpc) is 3.19. The molecule has 2 aliphatic rings. The van der Waals surface area contributed by atoms with Crippen LogP contribution in [0.4, 0.5) is 0 Å². The first-order chi connectivity index (χ1) is 13.8. The Balaban J connectivity index is 1.38. The molecule has 1 aliphatic heterocycles. The van der Waals surface area contributed by atoms with Crippen LogP contribution in [0.2, 0.25) is 0 Å². The van der Waals surface area contributed by atoms with Crippen molar-refractivity contribution in [1.82, 2.24) is 14.8 Å². The molecule has 2 atom stereocenters. The van der Waals surface area contributed by atoms with Crippen molar-refractivity contribution in [3.05, 3.63) is 66.2 Å². The molecule has 0 spiro atoms. The fourth-order valence-electron chi connectivity index (χ4n) is 4.85. The molecular weight excluding hydrogens is 350 g/mol. The number of hydrogen-bond donors (Lipinski definition) is 0. The van der Waals surface area contributed by atoms with Gasteiger partial charge in [-0.05, 0) is 30.5 Å². The summed E-state index contributed by atoms with van der Waals surface area (Å²) in [5.74, 6) is 0.455. The Morgan fingerprint density at radius 1 is 1.07 bits per heavy atom. The lowest BCUT2D eigenvalue weighted by atomic mass is 9.85. The van der Waals surface area contributed by atoms with E-state index in [-0.39, 0.29) is 11.9 Å². The SMILES string of the molecule is O=C(c1cc2cnccc2o1)N1CCN(Cc2ccccc2)C2CCCCC21. The van der Waals surface area contributed by atoms with Crippen LogP contribution >= 0.6 is 0 Å². The Labute approximate surface area is 165 Å². The predicted octanol–water partition coefficient (Wildman–Crippen LogP) is 4.10. The monoisotopic (exact) mass is 375 g/mol. The van der Waals surface area contributed by atoms with E-state index < -0.39 is 0 Å². The number of furan rings is 1. The van der Waals surface area contributed by atoms with Gasteiger partial charge in [0.2, 0.25) is 0 Å². The highest BCUT2D eigenvalue weighted by Crippen LogP contribution is 2.33. The van der Waals surface area contributed by atoms with Crippen molar-refractivity contribution in [2.45, 2.75) is 44.3 Å². The molecule has 5 heteroatoms. The van der Waals surface area contributed by atoms with E-state index in [1.807, 2.05) is 12.1 Å². The number of aromatic nitrogens is 1. The zero-order valence-electron chi connectivity index (χ0n) is 16.0. The van der Waals surface area contributed by atoms with E-state index in [4.69, 9.17) is 4.42 Å². The molecule has 144 valence electrons. The Hall–Kier alpha value is -2.66. The number of rotatable bonds is 3. The minimum Gasteiger partial charge on any atom is -0.451 e. The number of nitrogens with zero attached hydrogens (tertiary/aromatic N) is 3. The third kappa shape index (κ3) is 3.20. The molecule has 0 N–H and O–H groups in total. The molecule has 1 saturated heterocycles. The fourth-order valence-corrected chi connectivity index (χ4v) is 4.85. The number of amides is 1. The number of fused-ring (bicyclic) bond motifs is 2. The summed E-state index contributed by atoms with van der Waals surface area (Å²) in [5.41, 5.74) is 2.07. The van der Waals surface area contributed by atoms with Crippen molar-refractivity contribution in [2.24, 2.45) is 0 Å². The average molecular weight is 375 g/mol. The Morgan fingerprint density at radius 2 is 1.89 bits per heavy atom. The number of benzene rings is 1. The molecule has 1 amide bonds. The molecule has 5 nitrogen and oxygen atoms in total. The molecule has 1 saturated carbocycles. The molecule has 2 fully saturated rings. The summed E-state index contributed by atoms with van der Waals surface area (Å²) >= 11 is 0. The number of carbonyl (C=O) groups is 1. The lowest BCUT2D eigenvalue weighted by Crippen LogP contribution is -2.61. The van der Waals surface area contributed by atoms with Crippen LogP contribution in [-0.2, 0) is 6.54 Å². The zero-order chi connectivity index (χ0) is 18.9. The Morgan fingerprint density at radius 3 is 2.71 bits per heavy atom. The normalized spacial score (nSPS) is 22.9. The number of carbonyl (C=O) groups excluding carboxylic acids is 1. The van der Waals surface area contributed by atoms with Crippen molar-refractivity contribution < 1.29 is 9.21 Å². The summed E-state index contributed by atoms with van der Waals surface area (Å²) in [6.07, 6.45) is 8.10. The van der Waals surface area contributed by atoms with E-state index in [9.17, 15) is 4.79 Å². The maximum Gasteiger partial charge on any atom is 0.289 e. The van der Waals surface area contributed by atoms with Gasteiger partial charge in [-0.1, -0.05) is 43.2 Å². The van der Waals surface area contributed by atoms with Gasteiger partial charge in [-0.2, -0.15) is 0 Å². The Bertz CT molecular complexity index is 935. The molecule has 1 aromatic carbocycles. The molecule has 0 radical (unpaired) electrons. The summed E-state index contributed by atoms with van der Waals surface area (Å²) in [6.45, 7) is 2.62. The maximum absolute atomic E-state index is 13.3. The summed E-state index contributed by atoms with van der Waals surface area (Å²) in [6, 6.07) is 15.0. The smallest absolute Gasteiger partial charge is 0.289 e. The first-order valence-electron chi connectivity index (χ1n) is 10.2. The molecule has 1 aliphatic carbocycles. The first-order valence-corrected chi connectivity index (χ1v) is 10.2. The van der Waals surface area contributed by atoms with E-state index >= 15 is 0 Å². The predicted molar refractivity (Wildman–Crippen MR) is 108 cm³/mol. The summed E-state index contributed by atoms with van der Waals surface area (Å²) in [4.78, 5) is 22.0. The zero-order valence-corrected chi connectivity index (χ0v) is 16.0. The van der Waals surface area contributed by atoms with Gasteiger partial charge >= 0.3 is 0 Å². The quantitative estimate of drug-likeness (QED) is 0.692. The summed E-state index contributed by atoms with van der Waals surface area (Å²) in [5, 5.41) is 0.883. The van der Waals surface area contributed by atoms with Gasteiger partial charge < -0.3 is 9.32 Å². The van der Waals surface area contributed by atoms with Crippen LogP contribution in [0.5, 0.6) is 0 Å². The highest BCUT2D eigenvalue weighted by Gasteiger charge is 2.40. The van der Waals surface area contributed by atoms with Gasteiger partial charge in [0.05, 0.1) is 0 Å². The molecule has 5 rings (SSSR count). The van der Waals surface area contributed by atoms with Gasteiger partial charge in [0.15, 0.2) is 5.76 Å². The Kier molecular flexibility index (Phi) is 4.61. The third-order valence-corrected chi connectivity index (χ3v) is 6.21. The first kappa shape index (κ1) is 17.4. The van der Waals surface area contributed by atoms with Gasteiger partial charge in [-0.25, -0.2) is 0 Å². The fraction of sp³-hybridized carbons (Fsp3) is 0.391. The molecule has 0 bridgehead atoms. The second-order valence-corrected chi connectivity index (χ2v) is 7.90. The van der Waals surface area contributed by atoms with E-state index in [0.717, 1.165) is 43.4 Å². The van der Waals surface area contributed by atoms with Crippen LogP contribution in [-0.4, -0.2) is 45.9 Å². The third-order valence-electron chi connectivity index (χ3n) is 6.21. The second-order valence-electron chi connectivity index (χ2n) is 7.90. The van der Waals surface area contributed by atoms with Crippen molar-refractivity contribution in [1.29, 1.82) is 0 Å². The minimum atomic E-state index is 0.0208. The number of pyridine rings is 1. The van der Waals surface area contributed by atoms with Crippen LogP contribution in [0.15, 0.2) is 59.3 Å². The number of hydrogen-bond acceptors (Lipinski definition) is 4. The van der Waals surface area contributed by atoms with Gasteiger partial charge in [-0.15, -0.1) is 0 Å². The molecule has 2 unspecified atom stereocenters. The summed E-state index contributed by atoms with van der Waals surface area (Å²) < 4.78 is 5.84. The van der Waals surface area contributed by atoms with Crippen LogP contribution < -0.4 is 0 Å². The van der Waals surface area contributed by atoms with E-state index in [1.165, 1.54) is 18.4 Å². The van der Waals surface area contributed by atoms with E-state index in [1.54, 1.807) is 12.4 Å². The van der Waals surface area contributed by atoms with Crippen LogP contribution in [0, 0.1) is 0 Å². The van der Waals surface area contributed by atoms with Crippen LogP contribution in [0.25, 0.3) is 11.0 Å². The van der Waals surface area contributed by atoms with Crippen molar-refractivity contribution >= 4 is 16.9 Å². The molecule has 3 aromatic rings. The van der Waals surface area contributed by atoms with Crippen molar-refractivity contribution in [2.75, 3.05) is 13.1 Å². The van der Waals surface area contributed by atoms with Crippen molar-refractivity contribution in [3.8, 4) is 0 Å². The highest BCUT2D eigenvalue weighted by atomic mass is 16.3. The highest BCUT2D eigenvalue weighted by molar-refractivity contribution is 5.96. The van der Waals surface area contributed by atoms with Gasteiger partial charge in [0, 0.05) is 49.5 Å². The van der Waals surface area contributed by atoms with Gasteiger partial charge in [0.1, 0.15) is 5.58 Å². The van der Waals surface area contributed by atoms with Gasteiger partial charge in [-0.3, -0.25) is 14.7 Å². The molecule has 28 heavy (non-hydrogen) atoms. The molecule has 3 heterocycles. The lowest BCUT2D eigenvalue weighted by Gasteiger charge is -2.49. The standard InChI is InChI=1S/C23H25N3O2/c27-23(22-14-18-15-24-11-10-21(18)28-22)26-13-12-25(16-17-6-2-1-3-7-17)19-8-4-5-9-20(19)26/h1-3,6-7,10-11,14-15,19-20H,4-5,8-9,12-13,16H2. The van der Waals surface area contributed by atoms with E-state index in [0.29, 0.717) is 11.8 Å². The second kappa shape index (κ2) is 7.40. The van der Waals surface area contributed by atoms with Crippen molar-refractivity contribution in [3.63, 3.8) is 0 Å². The van der Waals surface area contributed by atoms with Crippen LogP contribution in [0.1, 0.15) is 41.8 Å². The maximum atomic E-state index is 13.3. The minimum absolute atomic E-state index is 0.0208. The van der Waals surface area contributed by atoms with Gasteiger partial charge in [0.25, 0.3) is 5.91 Å². The molecule has 2 aromatic heterocycles. The lowest BCUT2D eigenvalue weighted by molar-refractivity contribution is -0.00391. The topological polar surface area (TPSA) is 49.6 Å². The van der Waals surface area contributed by atoms with E-state index in [2.05, 4.69) is 45.1 Å². The number of piperazine rings is 1. The largest absolute Gasteiger partial charge is 0.451 e. The summed E-state index contributed by atoms with van der Waals surface area (Å²) in [7, 11) is 0. The molecular formula is C23H25N3O2. The van der Waals surface area contributed by atoms with Crippen LogP contribution in [0.3, 0.4) is 0 Å².